The van der Waals surface area contributed by atoms with Gasteiger partial charge in [0.05, 0.1) is 19.0 Å². The number of carbonyl (C=O) groups is 1. The number of halogens is 2. The summed E-state index contributed by atoms with van der Waals surface area (Å²) in [5.74, 6) is -0.648. The Morgan fingerprint density at radius 3 is 1.70 bits per heavy atom. The minimum atomic E-state index is -1.34. The van der Waals surface area contributed by atoms with Gasteiger partial charge >= 0.3 is 0 Å². The molecule has 0 aliphatic carbocycles. The molecule has 0 saturated heterocycles. The largest absolute Gasteiger partial charge is 0.494 e. The highest BCUT2D eigenvalue weighted by atomic mass is 32.2. The van der Waals surface area contributed by atoms with E-state index in [0.717, 1.165) is 6.07 Å². The molecule has 0 aliphatic rings. The number of benzene rings is 2. The first kappa shape index (κ1) is 29.6. The van der Waals surface area contributed by atoms with Crippen molar-refractivity contribution in [2.24, 2.45) is 4.40 Å². The fraction of sp³-hybridized carbons (Fsp3) is 0.364. The van der Waals surface area contributed by atoms with E-state index in [0.29, 0.717) is 17.4 Å². The van der Waals surface area contributed by atoms with Crippen molar-refractivity contribution in [2.45, 2.75) is 40.4 Å². The van der Waals surface area contributed by atoms with Crippen molar-refractivity contribution in [3.05, 3.63) is 59.2 Å². The van der Waals surface area contributed by atoms with E-state index in [9.17, 15) is 17.8 Å². The zero-order valence-electron chi connectivity index (χ0n) is 16.4. The Balaban J connectivity index is 0. The summed E-state index contributed by atoms with van der Waals surface area (Å²) in [4.78, 5) is 10.2. The van der Waals surface area contributed by atoms with E-state index in [1.807, 2.05) is 20.8 Å². The molecule has 0 amide bonds. The Kier molecular flexibility index (Phi) is 13.4. The standard InChI is InChI=1S/C12H16FNO2S.C8H7FO2.2CH4/c1-12(2,3)17(15)14-8-9-5-6-11(16-4)10(13)7-9;1-11-8-3-2-6(5-10)4-7(8)9;;/h5-8H,1-4H3;2-5H,1H3;2*1H4/t17-;;;/m1.../s1. The highest BCUT2D eigenvalue weighted by Gasteiger charge is 2.18. The lowest BCUT2D eigenvalue weighted by molar-refractivity contribution is 0.112. The SMILES string of the molecule is C.C.COc1ccc(C=N[S@](=O)C(C)(C)C)cc1F.COc1ccc(C=O)cc1F. The monoisotopic (exact) mass is 443 g/mol. The third-order valence-corrected chi connectivity index (χ3v) is 4.65. The maximum absolute atomic E-state index is 13.3. The lowest BCUT2D eigenvalue weighted by Gasteiger charge is -2.12. The van der Waals surface area contributed by atoms with Gasteiger partial charge in [0.25, 0.3) is 0 Å². The van der Waals surface area contributed by atoms with Gasteiger partial charge in [0.15, 0.2) is 23.1 Å². The van der Waals surface area contributed by atoms with Gasteiger partial charge in [0, 0.05) is 11.8 Å². The molecule has 0 aliphatic heterocycles. The Bertz CT molecular complexity index is 865. The van der Waals surface area contributed by atoms with Gasteiger partial charge in [0.2, 0.25) is 0 Å². The summed E-state index contributed by atoms with van der Waals surface area (Å²) in [5, 5.41) is 0. The van der Waals surface area contributed by atoms with Gasteiger partial charge in [-0.1, -0.05) is 14.9 Å². The zero-order valence-corrected chi connectivity index (χ0v) is 17.2. The lowest BCUT2D eigenvalue weighted by atomic mass is 10.2. The van der Waals surface area contributed by atoms with E-state index in [-0.39, 0.29) is 26.4 Å². The van der Waals surface area contributed by atoms with Gasteiger partial charge in [-0.3, -0.25) is 4.79 Å². The highest BCUT2D eigenvalue weighted by Crippen LogP contribution is 2.18. The van der Waals surface area contributed by atoms with E-state index in [4.69, 9.17) is 4.74 Å². The van der Waals surface area contributed by atoms with E-state index < -0.39 is 27.4 Å². The van der Waals surface area contributed by atoms with Crippen LogP contribution >= 0.6 is 0 Å². The summed E-state index contributed by atoms with van der Waals surface area (Å²) >= 11 is 0. The fourth-order valence-electron chi connectivity index (χ4n) is 1.79. The van der Waals surface area contributed by atoms with Gasteiger partial charge < -0.3 is 9.47 Å². The fourth-order valence-corrected chi connectivity index (χ4v) is 2.32. The van der Waals surface area contributed by atoms with Gasteiger partial charge in [0.1, 0.15) is 17.3 Å². The molecular formula is C22H31F2NO4S. The van der Waals surface area contributed by atoms with E-state index in [1.54, 1.807) is 6.07 Å². The molecule has 0 bridgehead atoms. The normalized spacial score (nSPS) is 11.3. The average Bonchev–Trinajstić information content (AvgIpc) is 2.65. The number of rotatable bonds is 5. The molecule has 0 unspecified atom stereocenters. The molecule has 2 aromatic rings. The summed E-state index contributed by atoms with van der Waals surface area (Å²) < 4.78 is 50.7. The summed E-state index contributed by atoms with van der Waals surface area (Å²) in [7, 11) is 1.44. The van der Waals surface area contributed by atoms with Crippen LogP contribution in [0.25, 0.3) is 0 Å². The Morgan fingerprint density at radius 1 is 0.900 bits per heavy atom. The van der Waals surface area contributed by atoms with Crippen molar-refractivity contribution < 1.29 is 27.3 Å². The smallest absolute Gasteiger partial charge is 0.165 e. The topological polar surface area (TPSA) is 65.0 Å². The van der Waals surface area contributed by atoms with Gasteiger partial charge in [-0.25, -0.2) is 13.0 Å². The number of nitrogens with zero attached hydrogens (tertiary/aromatic N) is 1. The van der Waals surface area contributed by atoms with Crippen LogP contribution in [0.4, 0.5) is 8.78 Å². The number of methoxy groups -OCH3 is 2. The van der Waals surface area contributed by atoms with Crippen LogP contribution in [0.15, 0.2) is 40.8 Å². The first-order valence-electron chi connectivity index (χ1n) is 8.20. The van der Waals surface area contributed by atoms with Crippen molar-refractivity contribution in [2.75, 3.05) is 14.2 Å². The summed E-state index contributed by atoms with van der Waals surface area (Å²) in [5.41, 5.74) is 0.865. The molecule has 168 valence electrons. The molecule has 1 atom stereocenters. The van der Waals surface area contributed by atoms with Crippen LogP contribution in [0.5, 0.6) is 11.5 Å². The van der Waals surface area contributed by atoms with Crippen LogP contribution < -0.4 is 9.47 Å². The summed E-state index contributed by atoms with van der Waals surface area (Å²) in [6, 6.07) is 8.50. The molecule has 5 nitrogen and oxygen atoms in total. The number of aldehydes is 1. The van der Waals surface area contributed by atoms with Gasteiger partial charge in [-0.05, 0) is 62.7 Å². The van der Waals surface area contributed by atoms with Crippen molar-refractivity contribution >= 4 is 23.5 Å². The predicted molar refractivity (Wildman–Crippen MR) is 120 cm³/mol. The molecule has 0 N–H and O–H groups in total. The molecule has 0 fully saturated rings. The van der Waals surface area contributed by atoms with Gasteiger partial charge in [-0.15, -0.1) is 0 Å². The summed E-state index contributed by atoms with van der Waals surface area (Å²) in [6.07, 6.45) is 1.99. The molecule has 0 radical (unpaired) electrons. The van der Waals surface area contributed by atoms with Crippen LogP contribution in [0, 0.1) is 11.6 Å². The first-order chi connectivity index (χ1) is 13.1. The quantitative estimate of drug-likeness (QED) is 0.443. The van der Waals surface area contributed by atoms with E-state index >= 15 is 0 Å². The van der Waals surface area contributed by atoms with Crippen molar-refractivity contribution in [1.29, 1.82) is 0 Å². The number of hydrogen-bond acceptors (Lipinski definition) is 4. The second-order valence-corrected chi connectivity index (χ2v) is 8.44. The van der Waals surface area contributed by atoms with Crippen LogP contribution in [-0.2, 0) is 11.0 Å². The molecule has 30 heavy (non-hydrogen) atoms. The first-order valence-corrected chi connectivity index (χ1v) is 9.31. The third kappa shape index (κ3) is 9.26. The molecule has 2 rings (SSSR count). The molecule has 0 heterocycles. The maximum Gasteiger partial charge on any atom is 0.165 e. The minimum Gasteiger partial charge on any atom is -0.494 e. The zero-order chi connectivity index (χ0) is 21.3. The second-order valence-electron chi connectivity index (χ2n) is 6.50. The lowest BCUT2D eigenvalue weighted by Crippen LogP contribution is -2.19. The second kappa shape index (κ2) is 13.6. The Hall–Kier alpha value is -2.61. The molecule has 0 saturated carbocycles. The van der Waals surface area contributed by atoms with E-state index in [1.165, 1.54) is 44.7 Å². The molecule has 8 heteroatoms. The Labute approximate surface area is 180 Å². The van der Waals surface area contributed by atoms with Crippen molar-refractivity contribution in [1.82, 2.24) is 0 Å². The highest BCUT2D eigenvalue weighted by molar-refractivity contribution is 7.85. The number of carbonyl (C=O) groups excluding carboxylic acids is 1. The molecule has 0 spiro atoms. The maximum atomic E-state index is 13.3. The summed E-state index contributed by atoms with van der Waals surface area (Å²) in [6.45, 7) is 5.49. The third-order valence-electron chi connectivity index (χ3n) is 3.31. The van der Waals surface area contributed by atoms with Crippen molar-refractivity contribution in [3.63, 3.8) is 0 Å². The molecule has 0 aromatic heterocycles. The number of hydrogen-bond donors (Lipinski definition) is 0. The number of ether oxygens (including phenoxy) is 2. The van der Waals surface area contributed by atoms with Crippen LogP contribution in [0.2, 0.25) is 0 Å². The van der Waals surface area contributed by atoms with Crippen LogP contribution in [0.3, 0.4) is 0 Å². The molecule has 2 aromatic carbocycles. The van der Waals surface area contributed by atoms with Gasteiger partial charge in [-0.2, -0.15) is 4.40 Å². The Morgan fingerprint density at radius 2 is 1.33 bits per heavy atom. The van der Waals surface area contributed by atoms with Crippen molar-refractivity contribution in [3.8, 4) is 11.5 Å². The van der Waals surface area contributed by atoms with Crippen LogP contribution in [0.1, 0.15) is 51.5 Å². The average molecular weight is 444 g/mol. The van der Waals surface area contributed by atoms with E-state index in [2.05, 4.69) is 9.13 Å². The predicted octanol–water partition coefficient (Wildman–Crippen LogP) is 5.63. The minimum absolute atomic E-state index is 0. The molecular weight excluding hydrogens is 412 g/mol. The van der Waals surface area contributed by atoms with Crippen LogP contribution in [-0.4, -0.2) is 35.7 Å².